The summed E-state index contributed by atoms with van der Waals surface area (Å²) in [5, 5.41) is 5.57. The highest BCUT2D eigenvalue weighted by Gasteiger charge is 2.04. The van der Waals surface area contributed by atoms with Crippen LogP contribution in [0.25, 0.3) is 5.69 Å². The molecule has 0 amide bonds. The van der Waals surface area contributed by atoms with Crippen molar-refractivity contribution >= 4 is 0 Å². The van der Waals surface area contributed by atoms with Gasteiger partial charge in [0.25, 0.3) is 5.56 Å². The Kier molecular flexibility index (Phi) is 2.87. The summed E-state index contributed by atoms with van der Waals surface area (Å²) in [6.07, 6.45) is 1.70. The van der Waals surface area contributed by atoms with Crippen molar-refractivity contribution in [2.45, 2.75) is 6.54 Å². The van der Waals surface area contributed by atoms with E-state index in [1.807, 2.05) is 0 Å². The van der Waals surface area contributed by atoms with Gasteiger partial charge in [0.1, 0.15) is 5.82 Å². The Morgan fingerprint density at radius 1 is 1.38 bits per heavy atom. The van der Waals surface area contributed by atoms with Gasteiger partial charge in [0, 0.05) is 12.7 Å². The molecule has 0 spiro atoms. The summed E-state index contributed by atoms with van der Waals surface area (Å²) in [6.45, 7) is 0.504. The number of benzene rings is 1. The Labute approximate surface area is 91.7 Å². The molecule has 0 bridgehead atoms. The predicted octanol–water partition coefficient (Wildman–Crippen LogP) is 1.02. The number of nitrogens with zero attached hydrogens (tertiary/aromatic N) is 1. The molecule has 1 heterocycles. The molecule has 1 aromatic heterocycles. The van der Waals surface area contributed by atoms with Crippen LogP contribution in [-0.2, 0) is 6.54 Å². The van der Waals surface area contributed by atoms with Crippen LogP contribution in [0, 0.1) is 5.82 Å². The van der Waals surface area contributed by atoms with E-state index < -0.39 is 0 Å². The van der Waals surface area contributed by atoms with Gasteiger partial charge in [0.2, 0.25) is 0 Å². The second-order valence-electron chi connectivity index (χ2n) is 3.47. The van der Waals surface area contributed by atoms with Crippen molar-refractivity contribution in [1.82, 2.24) is 15.1 Å². The van der Waals surface area contributed by atoms with Crippen LogP contribution in [0.1, 0.15) is 5.56 Å². The molecule has 0 aliphatic rings. The first kappa shape index (κ1) is 10.6. The van der Waals surface area contributed by atoms with Gasteiger partial charge in [-0.05, 0) is 31.3 Å². The van der Waals surface area contributed by atoms with E-state index in [1.54, 1.807) is 30.1 Å². The first-order valence-corrected chi connectivity index (χ1v) is 4.92. The first-order valence-electron chi connectivity index (χ1n) is 4.92. The normalized spacial score (nSPS) is 10.6. The number of rotatable bonds is 3. The smallest absolute Gasteiger partial charge is 0.268 e. The van der Waals surface area contributed by atoms with Crippen LogP contribution >= 0.6 is 0 Å². The maximum absolute atomic E-state index is 12.7. The Morgan fingerprint density at radius 3 is 2.69 bits per heavy atom. The van der Waals surface area contributed by atoms with E-state index in [0.717, 1.165) is 5.69 Å². The van der Waals surface area contributed by atoms with Crippen LogP contribution < -0.4 is 10.9 Å². The molecule has 0 atom stereocenters. The van der Waals surface area contributed by atoms with Crippen LogP contribution in [0.3, 0.4) is 0 Å². The fourth-order valence-electron chi connectivity index (χ4n) is 1.49. The van der Waals surface area contributed by atoms with Crippen molar-refractivity contribution in [2.24, 2.45) is 0 Å². The molecule has 84 valence electrons. The Bertz CT molecular complexity index is 527. The number of nitrogens with one attached hydrogen (secondary N) is 2. The summed E-state index contributed by atoms with van der Waals surface area (Å²) in [5.41, 5.74) is 1.23. The van der Waals surface area contributed by atoms with E-state index >= 15 is 0 Å². The third-order valence-corrected chi connectivity index (χ3v) is 2.27. The number of aromatic amines is 1. The Morgan fingerprint density at radius 2 is 2.06 bits per heavy atom. The molecule has 0 unspecified atom stereocenters. The largest absolute Gasteiger partial charge is 0.315 e. The lowest BCUT2D eigenvalue weighted by atomic mass is 10.3. The van der Waals surface area contributed by atoms with E-state index in [0.29, 0.717) is 12.1 Å². The van der Waals surface area contributed by atoms with Gasteiger partial charge in [0.15, 0.2) is 0 Å². The first-order chi connectivity index (χ1) is 7.70. The second kappa shape index (κ2) is 4.32. The van der Waals surface area contributed by atoms with E-state index in [-0.39, 0.29) is 11.4 Å². The minimum Gasteiger partial charge on any atom is -0.315 e. The standard InChI is InChI=1S/C11H12FN3O/c1-13-6-8-7-15(14-11(8)16)10-4-2-9(12)3-5-10/h2-5,7,13H,6H2,1H3,(H,14,16). The molecule has 0 fully saturated rings. The van der Waals surface area contributed by atoms with E-state index in [4.69, 9.17) is 0 Å². The van der Waals surface area contributed by atoms with Crippen LogP contribution in [0.4, 0.5) is 4.39 Å². The highest BCUT2D eigenvalue weighted by Crippen LogP contribution is 2.07. The Balaban J connectivity index is 2.37. The molecular formula is C11H12FN3O. The molecule has 0 aliphatic heterocycles. The SMILES string of the molecule is CNCc1cn(-c2ccc(F)cc2)[nH]c1=O. The molecule has 0 aliphatic carbocycles. The number of H-pyrrole nitrogens is 1. The predicted molar refractivity (Wildman–Crippen MR) is 59.1 cm³/mol. The number of aromatic nitrogens is 2. The molecule has 4 nitrogen and oxygen atoms in total. The summed E-state index contributed by atoms with van der Waals surface area (Å²) in [4.78, 5) is 11.5. The molecule has 0 radical (unpaired) electrons. The number of hydrogen-bond acceptors (Lipinski definition) is 2. The highest BCUT2D eigenvalue weighted by atomic mass is 19.1. The Hall–Kier alpha value is -1.88. The van der Waals surface area contributed by atoms with Gasteiger partial charge in [-0.15, -0.1) is 0 Å². The zero-order valence-corrected chi connectivity index (χ0v) is 8.83. The van der Waals surface area contributed by atoms with Crippen LogP contribution in [0.15, 0.2) is 35.3 Å². The topological polar surface area (TPSA) is 49.8 Å². The zero-order chi connectivity index (χ0) is 11.5. The lowest BCUT2D eigenvalue weighted by Gasteiger charge is -2.00. The van der Waals surface area contributed by atoms with Crippen molar-refractivity contribution in [3.8, 4) is 5.69 Å². The van der Waals surface area contributed by atoms with Crippen molar-refractivity contribution in [1.29, 1.82) is 0 Å². The molecule has 0 saturated carbocycles. The fourth-order valence-corrected chi connectivity index (χ4v) is 1.49. The maximum atomic E-state index is 12.7. The molecule has 5 heteroatoms. The van der Waals surface area contributed by atoms with Gasteiger partial charge < -0.3 is 5.32 Å². The highest BCUT2D eigenvalue weighted by molar-refractivity contribution is 5.31. The van der Waals surface area contributed by atoms with E-state index in [9.17, 15) is 9.18 Å². The average molecular weight is 221 g/mol. The summed E-state index contributed by atoms with van der Waals surface area (Å²) < 4.78 is 14.3. The van der Waals surface area contributed by atoms with Crippen LogP contribution in [0.5, 0.6) is 0 Å². The van der Waals surface area contributed by atoms with Crippen molar-refractivity contribution in [3.63, 3.8) is 0 Å². The molecule has 0 saturated heterocycles. The minimum atomic E-state index is -0.297. The number of hydrogen-bond donors (Lipinski definition) is 2. The van der Waals surface area contributed by atoms with Gasteiger partial charge in [-0.2, -0.15) is 0 Å². The van der Waals surface area contributed by atoms with E-state index in [2.05, 4.69) is 10.4 Å². The van der Waals surface area contributed by atoms with Gasteiger partial charge >= 0.3 is 0 Å². The molecule has 1 aromatic carbocycles. The summed E-state index contributed by atoms with van der Waals surface area (Å²) >= 11 is 0. The summed E-state index contributed by atoms with van der Waals surface area (Å²) in [7, 11) is 1.77. The second-order valence-corrected chi connectivity index (χ2v) is 3.47. The van der Waals surface area contributed by atoms with Gasteiger partial charge in [0.05, 0.1) is 11.3 Å². The zero-order valence-electron chi connectivity index (χ0n) is 8.83. The lowest BCUT2D eigenvalue weighted by molar-refractivity contribution is 0.627. The van der Waals surface area contributed by atoms with Gasteiger partial charge in [-0.25, -0.2) is 4.39 Å². The maximum Gasteiger partial charge on any atom is 0.268 e. The van der Waals surface area contributed by atoms with Crippen molar-refractivity contribution in [3.05, 3.63) is 52.2 Å². The summed E-state index contributed by atoms with van der Waals surface area (Å²) in [5.74, 6) is -0.297. The fraction of sp³-hybridized carbons (Fsp3) is 0.182. The monoisotopic (exact) mass is 221 g/mol. The molecule has 2 N–H and O–H groups in total. The number of halogens is 1. The van der Waals surface area contributed by atoms with Crippen molar-refractivity contribution < 1.29 is 4.39 Å². The quantitative estimate of drug-likeness (QED) is 0.813. The van der Waals surface area contributed by atoms with E-state index in [1.165, 1.54) is 12.1 Å². The molecular weight excluding hydrogens is 209 g/mol. The van der Waals surface area contributed by atoms with Crippen LogP contribution in [-0.4, -0.2) is 16.8 Å². The minimum absolute atomic E-state index is 0.140. The average Bonchev–Trinajstić information content (AvgIpc) is 2.62. The third-order valence-electron chi connectivity index (χ3n) is 2.27. The van der Waals surface area contributed by atoms with Gasteiger partial charge in [-0.1, -0.05) is 0 Å². The van der Waals surface area contributed by atoms with Gasteiger partial charge in [-0.3, -0.25) is 14.6 Å². The molecule has 2 aromatic rings. The molecule has 16 heavy (non-hydrogen) atoms. The summed E-state index contributed by atoms with van der Waals surface area (Å²) in [6, 6.07) is 5.92. The van der Waals surface area contributed by atoms with Crippen LogP contribution in [0.2, 0.25) is 0 Å². The van der Waals surface area contributed by atoms with Crippen molar-refractivity contribution in [2.75, 3.05) is 7.05 Å². The lowest BCUT2D eigenvalue weighted by Crippen LogP contribution is -2.13. The molecule has 2 rings (SSSR count). The third kappa shape index (κ3) is 2.04.